The molecule has 0 bridgehead atoms. The minimum Gasteiger partial charge on any atom is -0.352 e. The lowest BCUT2D eigenvalue weighted by molar-refractivity contribution is 0.203. The molecule has 0 unspecified atom stereocenters. The highest BCUT2D eigenvalue weighted by Crippen LogP contribution is 2.43. The van der Waals surface area contributed by atoms with Crippen LogP contribution in [-0.4, -0.2) is 40.8 Å². The van der Waals surface area contributed by atoms with Gasteiger partial charge in [0.1, 0.15) is 0 Å². The van der Waals surface area contributed by atoms with Gasteiger partial charge in [-0.2, -0.15) is 5.10 Å². The van der Waals surface area contributed by atoms with Crippen LogP contribution in [0.2, 0.25) is 0 Å². The van der Waals surface area contributed by atoms with Gasteiger partial charge < -0.3 is 10.2 Å². The molecule has 0 aromatic carbocycles. The molecule has 1 aliphatic heterocycles. The summed E-state index contributed by atoms with van der Waals surface area (Å²) < 4.78 is 1.84. The van der Waals surface area contributed by atoms with Crippen LogP contribution in [0.5, 0.6) is 0 Å². The summed E-state index contributed by atoms with van der Waals surface area (Å²) in [5.41, 5.74) is 1.77. The van der Waals surface area contributed by atoms with E-state index in [0.717, 1.165) is 19.0 Å². The summed E-state index contributed by atoms with van der Waals surface area (Å²) in [6.07, 6.45) is 12.4. The van der Waals surface area contributed by atoms with E-state index in [1.165, 1.54) is 50.6 Å². The van der Waals surface area contributed by atoms with Crippen molar-refractivity contribution in [1.82, 2.24) is 20.0 Å². The molecule has 1 aromatic rings. The standard InChI is InChI=1S/C16H27N5/c1-17-15(18-10-14-11-19-20(2)12-14)21-9-8-16(13-21)6-4-3-5-7-16/h11-12H,3-10,13H2,1-2H3,(H,17,18). The van der Waals surface area contributed by atoms with Gasteiger partial charge in [-0.25, -0.2) is 0 Å². The first-order valence-corrected chi connectivity index (χ1v) is 8.14. The monoisotopic (exact) mass is 289 g/mol. The van der Waals surface area contributed by atoms with Crippen LogP contribution in [0.15, 0.2) is 17.4 Å². The van der Waals surface area contributed by atoms with Crippen LogP contribution in [0.25, 0.3) is 0 Å². The Bertz CT molecular complexity index is 499. The van der Waals surface area contributed by atoms with Gasteiger partial charge in [0.2, 0.25) is 0 Å². The lowest BCUT2D eigenvalue weighted by Crippen LogP contribution is -2.41. The second-order valence-electron chi connectivity index (χ2n) is 6.66. The summed E-state index contributed by atoms with van der Waals surface area (Å²) >= 11 is 0. The lowest BCUT2D eigenvalue weighted by Gasteiger charge is -2.33. The van der Waals surface area contributed by atoms with Crippen LogP contribution in [0.3, 0.4) is 0 Å². The van der Waals surface area contributed by atoms with Gasteiger partial charge in [0.25, 0.3) is 0 Å². The van der Waals surface area contributed by atoms with Gasteiger partial charge in [0.05, 0.1) is 6.20 Å². The Morgan fingerprint density at radius 2 is 2.14 bits per heavy atom. The minimum absolute atomic E-state index is 0.574. The first-order chi connectivity index (χ1) is 10.2. The number of rotatable bonds is 2. The Morgan fingerprint density at radius 1 is 1.33 bits per heavy atom. The maximum absolute atomic E-state index is 4.47. The van der Waals surface area contributed by atoms with Crippen molar-refractivity contribution >= 4 is 5.96 Å². The van der Waals surface area contributed by atoms with Gasteiger partial charge in [0.15, 0.2) is 5.96 Å². The van der Waals surface area contributed by atoms with E-state index in [1.54, 1.807) is 0 Å². The highest BCUT2D eigenvalue weighted by atomic mass is 15.3. The van der Waals surface area contributed by atoms with E-state index >= 15 is 0 Å². The number of aliphatic imine (C=N–C) groups is 1. The molecule has 1 saturated carbocycles. The third-order valence-corrected chi connectivity index (χ3v) is 5.07. The van der Waals surface area contributed by atoms with E-state index in [2.05, 4.69) is 20.3 Å². The van der Waals surface area contributed by atoms with Crippen molar-refractivity contribution in [2.24, 2.45) is 17.5 Å². The molecule has 1 aliphatic carbocycles. The average Bonchev–Trinajstić information content (AvgIpc) is 3.08. The minimum atomic E-state index is 0.574. The van der Waals surface area contributed by atoms with Crippen molar-refractivity contribution in [1.29, 1.82) is 0 Å². The molecule has 5 heteroatoms. The van der Waals surface area contributed by atoms with Crippen molar-refractivity contribution in [2.75, 3.05) is 20.1 Å². The number of nitrogens with one attached hydrogen (secondary N) is 1. The molecule has 1 spiro atoms. The maximum atomic E-state index is 4.47. The molecule has 0 amide bonds. The van der Waals surface area contributed by atoms with Gasteiger partial charge >= 0.3 is 0 Å². The fourth-order valence-electron chi connectivity index (χ4n) is 3.90. The molecule has 0 radical (unpaired) electrons. The predicted octanol–water partition coefficient (Wildman–Crippen LogP) is 2.15. The number of aromatic nitrogens is 2. The van der Waals surface area contributed by atoms with Gasteiger partial charge in [-0.05, 0) is 24.7 Å². The molecular weight excluding hydrogens is 262 g/mol. The zero-order valence-corrected chi connectivity index (χ0v) is 13.3. The number of hydrogen-bond acceptors (Lipinski definition) is 2. The number of likely N-dealkylation sites (tertiary alicyclic amines) is 1. The fourth-order valence-corrected chi connectivity index (χ4v) is 3.90. The molecule has 1 aromatic heterocycles. The molecule has 21 heavy (non-hydrogen) atoms. The summed E-state index contributed by atoms with van der Waals surface area (Å²) in [7, 11) is 3.84. The first kappa shape index (κ1) is 14.4. The Morgan fingerprint density at radius 3 is 2.81 bits per heavy atom. The van der Waals surface area contributed by atoms with Crippen molar-refractivity contribution in [3.05, 3.63) is 18.0 Å². The molecule has 2 heterocycles. The Labute approximate surface area is 127 Å². The highest BCUT2D eigenvalue weighted by Gasteiger charge is 2.39. The molecule has 3 rings (SSSR count). The third kappa shape index (κ3) is 3.22. The molecule has 2 aliphatic rings. The van der Waals surface area contributed by atoms with Crippen LogP contribution in [0.4, 0.5) is 0 Å². The third-order valence-electron chi connectivity index (χ3n) is 5.07. The van der Waals surface area contributed by atoms with Crippen molar-refractivity contribution in [3.8, 4) is 0 Å². The van der Waals surface area contributed by atoms with Crippen LogP contribution >= 0.6 is 0 Å². The predicted molar refractivity (Wildman–Crippen MR) is 85.1 cm³/mol. The molecule has 2 fully saturated rings. The second kappa shape index (κ2) is 6.08. The Kier molecular flexibility index (Phi) is 4.17. The van der Waals surface area contributed by atoms with E-state index in [4.69, 9.17) is 0 Å². The molecule has 1 N–H and O–H groups in total. The number of guanidine groups is 1. The highest BCUT2D eigenvalue weighted by molar-refractivity contribution is 5.80. The Balaban J connectivity index is 1.57. The van der Waals surface area contributed by atoms with Crippen molar-refractivity contribution in [3.63, 3.8) is 0 Å². The van der Waals surface area contributed by atoms with E-state index < -0.39 is 0 Å². The maximum Gasteiger partial charge on any atom is 0.193 e. The molecule has 5 nitrogen and oxygen atoms in total. The summed E-state index contributed by atoms with van der Waals surface area (Å²) in [5, 5.41) is 7.69. The fraction of sp³-hybridized carbons (Fsp3) is 0.750. The quantitative estimate of drug-likeness (QED) is 0.670. The smallest absolute Gasteiger partial charge is 0.193 e. The summed E-state index contributed by atoms with van der Waals surface area (Å²) in [4.78, 5) is 6.92. The van der Waals surface area contributed by atoms with Gasteiger partial charge in [-0.3, -0.25) is 9.67 Å². The van der Waals surface area contributed by atoms with Crippen LogP contribution < -0.4 is 5.32 Å². The van der Waals surface area contributed by atoms with E-state index in [0.29, 0.717) is 5.41 Å². The van der Waals surface area contributed by atoms with Crippen LogP contribution in [0, 0.1) is 5.41 Å². The summed E-state index contributed by atoms with van der Waals surface area (Å²) in [5.74, 6) is 1.04. The van der Waals surface area contributed by atoms with Crippen LogP contribution in [0.1, 0.15) is 44.1 Å². The van der Waals surface area contributed by atoms with Crippen molar-refractivity contribution < 1.29 is 0 Å². The summed E-state index contributed by atoms with van der Waals surface area (Å²) in [6.45, 7) is 3.12. The van der Waals surface area contributed by atoms with Crippen molar-refractivity contribution in [2.45, 2.75) is 45.1 Å². The summed E-state index contributed by atoms with van der Waals surface area (Å²) in [6, 6.07) is 0. The first-order valence-electron chi connectivity index (χ1n) is 8.14. The van der Waals surface area contributed by atoms with Gasteiger partial charge in [-0.15, -0.1) is 0 Å². The largest absolute Gasteiger partial charge is 0.352 e. The number of nitrogens with zero attached hydrogens (tertiary/aromatic N) is 4. The number of hydrogen-bond donors (Lipinski definition) is 1. The SMILES string of the molecule is CN=C(NCc1cnn(C)c1)N1CCC2(CCCCC2)C1. The Hall–Kier alpha value is -1.52. The van der Waals surface area contributed by atoms with E-state index in [-0.39, 0.29) is 0 Å². The van der Waals surface area contributed by atoms with Gasteiger partial charge in [0, 0.05) is 45.5 Å². The van der Waals surface area contributed by atoms with Crippen LogP contribution in [-0.2, 0) is 13.6 Å². The topological polar surface area (TPSA) is 45.5 Å². The second-order valence-corrected chi connectivity index (χ2v) is 6.66. The number of aryl methyl sites for hydroxylation is 1. The average molecular weight is 289 g/mol. The zero-order valence-electron chi connectivity index (χ0n) is 13.3. The van der Waals surface area contributed by atoms with E-state index in [9.17, 15) is 0 Å². The lowest BCUT2D eigenvalue weighted by atomic mass is 9.73. The molecule has 1 saturated heterocycles. The van der Waals surface area contributed by atoms with Gasteiger partial charge in [-0.1, -0.05) is 19.3 Å². The van der Waals surface area contributed by atoms with E-state index in [1.807, 2.05) is 31.2 Å². The molecule has 0 atom stereocenters. The molecule has 116 valence electrons. The zero-order chi connectivity index (χ0) is 14.7. The normalized spacial score (nSPS) is 22.0. The molecular formula is C16H27N5.